The molecule has 4 nitrogen and oxygen atoms in total. The number of Topliss-reactive ketones (excluding diaryl/α,β-unsaturated/α-hetero) is 1. The van der Waals surface area contributed by atoms with E-state index in [0.29, 0.717) is 11.3 Å². The maximum absolute atomic E-state index is 14.0. The third-order valence-corrected chi connectivity index (χ3v) is 6.08. The molecule has 148 valence electrons. The summed E-state index contributed by atoms with van der Waals surface area (Å²) in [5.74, 6) is 0.822. The lowest BCUT2D eigenvalue weighted by Gasteiger charge is -2.31. The molecule has 5 heteroatoms. The van der Waals surface area contributed by atoms with Crippen LogP contribution in [-0.2, 0) is 9.60 Å². The van der Waals surface area contributed by atoms with Crippen molar-refractivity contribution in [2.75, 3.05) is 7.11 Å². The highest BCUT2D eigenvalue weighted by molar-refractivity contribution is 7.90. The van der Waals surface area contributed by atoms with Crippen LogP contribution in [0.1, 0.15) is 27.0 Å². The van der Waals surface area contributed by atoms with Gasteiger partial charge in [0.15, 0.2) is 5.78 Å². The maximum atomic E-state index is 14.0. The van der Waals surface area contributed by atoms with Gasteiger partial charge in [-0.2, -0.15) is 0 Å². The molecular formula is C25H18O4S. The smallest absolute Gasteiger partial charge is 0.225 e. The van der Waals surface area contributed by atoms with E-state index in [2.05, 4.69) is 0 Å². The Morgan fingerprint density at radius 3 is 2.13 bits per heavy atom. The van der Waals surface area contributed by atoms with Crippen molar-refractivity contribution >= 4 is 28.9 Å². The summed E-state index contributed by atoms with van der Waals surface area (Å²) in [6.07, 6.45) is 0. The number of phenolic OH excluding ortho intramolecular Hbond substituents is 1. The SMILES string of the molecule is COSOc1ccc(C2(c3ccc(O)cc3)C(=O)c3cccc4cccc2c34)cc1. The van der Waals surface area contributed by atoms with Gasteiger partial charge in [-0.3, -0.25) is 8.98 Å². The van der Waals surface area contributed by atoms with Gasteiger partial charge in [-0.15, -0.1) is 0 Å². The van der Waals surface area contributed by atoms with Gasteiger partial charge in [-0.25, -0.2) is 0 Å². The molecule has 0 aliphatic heterocycles. The monoisotopic (exact) mass is 414 g/mol. The Morgan fingerprint density at radius 1 is 0.833 bits per heavy atom. The topological polar surface area (TPSA) is 55.8 Å². The minimum Gasteiger partial charge on any atom is -0.508 e. The van der Waals surface area contributed by atoms with Crippen molar-refractivity contribution in [3.8, 4) is 11.5 Å². The fourth-order valence-corrected chi connectivity index (χ4v) is 4.71. The van der Waals surface area contributed by atoms with Crippen LogP contribution in [0.25, 0.3) is 10.8 Å². The Hall–Kier alpha value is -3.28. The molecule has 1 aliphatic rings. The largest absolute Gasteiger partial charge is 0.508 e. The summed E-state index contributed by atoms with van der Waals surface area (Å²) < 4.78 is 10.3. The zero-order valence-corrected chi connectivity index (χ0v) is 17.0. The lowest BCUT2D eigenvalue weighted by molar-refractivity contribution is 0.0944. The van der Waals surface area contributed by atoms with Gasteiger partial charge in [0.05, 0.1) is 7.11 Å². The number of aromatic hydroxyl groups is 1. The molecule has 0 aromatic heterocycles. The van der Waals surface area contributed by atoms with E-state index >= 15 is 0 Å². The van der Waals surface area contributed by atoms with Crippen LogP contribution in [0.5, 0.6) is 11.5 Å². The standard InChI is InChI=1S/C25H18O4S/c1-28-30-29-20-14-10-18(11-15-20)25(17-8-12-19(26)13-9-17)22-7-3-5-16-4-2-6-21(23(16)22)24(25)27/h2-15,26H,1H3. The molecule has 4 aromatic rings. The highest BCUT2D eigenvalue weighted by Crippen LogP contribution is 2.51. The molecule has 0 amide bonds. The summed E-state index contributed by atoms with van der Waals surface area (Å²) in [4.78, 5) is 14.0. The second kappa shape index (κ2) is 7.20. The Morgan fingerprint density at radius 2 is 1.47 bits per heavy atom. The van der Waals surface area contributed by atoms with Gasteiger partial charge in [0, 0.05) is 5.56 Å². The second-order valence-corrected chi connectivity index (χ2v) is 7.81. The molecule has 0 radical (unpaired) electrons. The molecule has 0 fully saturated rings. The number of rotatable bonds is 5. The molecular weight excluding hydrogens is 396 g/mol. The molecule has 1 N–H and O–H groups in total. The molecule has 1 unspecified atom stereocenters. The first-order valence-electron chi connectivity index (χ1n) is 9.50. The third-order valence-electron chi connectivity index (χ3n) is 5.68. The molecule has 0 saturated heterocycles. The van der Waals surface area contributed by atoms with Crippen LogP contribution in [0, 0.1) is 0 Å². The van der Waals surface area contributed by atoms with E-state index in [0.717, 1.165) is 39.8 Å². The summed E-state index contributed by atoms with van der Waals surface area (Å²) in [5, 5.41) is 11.9. The molecule has 5 rings (SSSR count). The van der Waals surface area contributed by atoms with Crippen molar-refractivity contribution in [3.05, 3.63) is 107 Å². The molecule has 0 heterocycles. The average molecular weight is 414 g/mol. The van der Waals surface area contributed by atoms with Gasteiger partial charge in [0.1, 0.15) is 16.9 Å². The highest BCUT2D eigenvalue weighted by Gasteiger charge is 2.50. The van der Waals surface area contributed by atoms with E-state index in [1.165, 1.54) is 7.11 Å². The number of ketones is 1. The normalized spacial score (nSPS) is 17.4. The van der Waals surface area contributed by atoms with E-state index in [1.54, 1.807) is 12.1 Å². The summed E-state index contributed by atoms with van der Waals surface area (Å²) in [6, 6.07) is 26.3. The van der Waals surface area contributed by atoms with Gasteiger partial charge in [-0.05, 0) is 51.7 Å². The molecule has 1 atom stereocenters. The van der Waals surface area contributed by atoms with Crippen LogP contribution < -0.4 is 4.18 Å². The molecule has 0 saturated carbocycles. The zero-order chi connectivity index (χ0) is 20.7. The van der Waals surface area contributed by atoms with Crippen LogP contribution >= 0.6 is 12.3 Å². The number of carbonyl (C=O) groups excluding carboxylic acids is 1. The number of hydrogen-bond acceptors (Lipinski definition) is 5. The average Bonchev–Trinajstić information content (AvgIpc) is 3.04. The third kappa shape index (κ3) is 2.63. The maximum Gasteiger partial charge on any atom is 0.225 e. The molecule has 30 heavy (non-hydrogen) atoms. The van der Waals surface area contributed by atoms with E-state index in [9.17, 15) is 9.90 Å². The van der Waals surface area contributed by atoms with Gasteiger partial charge in [0.25, 0.3) is 0 Å². The summed E-state index contributed by atoms with van der Waals surface area (Å²) in [7, 11) is 1.54. The van der Waals surface area contributed by atoms with E-state index in [-0.39, 0.29) is 11.5 Å². The van der Waals surface area contributed by atoms with Crippen LogP contribution in [0.3, 0.4) is 0 Å². The first-order valence-corrected chi connectivity index (χ1v) is 10.2. The summed E-state index contributed by atoms with van der Waals surface area (Å²) in [6.45, 7) is 0. The number of carbonyl (C=O) groups is 1. The van der Waals surface area contributed by atoms with Crippen molar-refractivity contribution in [2.24, 2.45) is 0 Å². The Kier molecular flexibility index (Phi) is 4.50. The molecule has 0 bridgehead atoms. The Labute approximate surface area is 178 Å². The van der Waals surface area contributed by atoms with Crippen LogP contribution in [-0.4, -0.2) is 18.0 Å². The first kappa shape index (κ1) is 18.7. The molecule has 1 aliphatic carbocycles. The van der Waals surface area contributed by atoms with Crippen molar-refractivity contribution < 1.29 is 18.3 Å². The van der Waals surface area contributed by atoms with Gasteiger partial charge in [-0.1, -0.05) is 60.7 Å². The van der Waals surface area contributed by atoms with Crippen molar-refractivity contribution in [1.82, 2.24) is 0 Å². The molecule has 4 aromatic carbocycles. The van der Waals surface area contributed by atoms with Crippen molar-refractivity contribution in [2.45, 2.75) is 5.41 Å². The van der Waals surface area contributed by atoms with Crippen LogP contribution in [0.2, 0.25) is 0 Å². The quantitative estimate of drug-likeness (QED) is 0.427. The van der Waals surface area contributed by atoms with Gasteiger partial charge < -0.3 is 9.29 Å². The van der Waals surface area contributed by atoms with Gasteiger partial charge >= 0.3 is 0 Å². The predicted octanol–water partition coefficient (Wildman–Crippen LogP) is 5.66. The van der Waals surface area contributed by atoms with Crippen LogP contribution in [0.4, 0.5) is 0 Å². The predicted molar refractivity (Wildman–Crippen MR) is 118 cm³/mol. The fraction of sp³-hybridized carbons (Fsp3) is 0.0800. The molecule has 0 spiro atoms. The second-order valence-electron chi connectivity index (χ2n) is 7.18. The summed E-state index contributed by atoms with van der Waals surface area (Å²) in [5.41, 5.74) is 2.33. The Balaban J connectivity index is 1.79. The number of benzene rings is 4. The van der Waals surface area contributed by atoms with E-state index < -0.39 is 5.41 Å². The summed E-state index contributed by atoms with van der Waals surface area (Å²) >= 11 is 0.888. The first-order chi connectivity index (χ1) is 14.7. The lowest BCUT2D eigenvalue weighted by atomic mass is 9.69. The van der Waals surface area contributed by atoms with Crippen LogP contribution in [0.15, 0.2) is 84.9 Å². The lowest BCUT2D eigenvalue weighted by Crippen LogP contribution is -2.35. The number of phenols is 1. The van der Waals surface area contributed by atoms with Crippen molar-refractivity contribution in [1.29, 1.82) is 0 Å². The number of hydrogen-bond donors (Lipinski definition) is 1. The minimum atomic E-state index is -0.996. The minimum absolute atomic E-state index is 0.0277. The Bertz CT molecular complexity index is 1240. The van der Waals surface area contributed by atoms with Crippen molar-refractivity contribution in [3.63, 3.8) is 0 Å². The zero-order valence-electron chi connectivity index (χ0n) is 16.2. The van der Waals surface area contributed by atoms with E-state index in [4.69, 9.17) is 8.37 Å². The highest BCUT2D eigenvalue weighted by atomic mass is 32.2. The van der Waals surface area contributed by atoms with E-state index in [1.807, 2.05) is 72.8 Å². The fourth-order valence-electron chi connectivity index (χ4n) is 4.45. The van der Waals surface area contributed by atoms with Gasteiger partial charge in [0.2, 0.25) is 12.3 Å².